The molecule has 0 aliphatic heterocycles. The van der Waals surface area contributed by atoms with Crippen LogP contribution in [-0.2, 0) is 26.8 Å². The first-order chi connectivity index (χ1) is 16.2. The highest BCUT2D eigenvalue weighted by molar-refractivity contribution is 7.89. The van der Waals surface area contributed by atoms with Crippen LogP contribution in [0.1, 0.15) is 29.5 Å². The minimum atomic E-state index is -3.93. The second-order valence-electron chi connectivity index (χ2n) is 8.53. The molecule has 3 aromatic carbocycles. The number of nitrogens with zero attached hydrogens (tertiary/aromatic N) is 2. The van der Waals surface area contributed by atoms with Crippen molar-refractivity contribution >= 4 is 33.2 Å². The van der Waals surface area contributed by atoms with Crippen molar-refractivity contribution in [2.45, 2.75) is 36.6 Å². The monoisotopic (exact) mass is 493 g/mol. The number of hydrogen-bond acceptors (Lipinski definition) is 4. The lowest BCUT2D eigenvalue weighted by atomic mass is 9.98. The summed E-state index contributed by atoms with van der Waals surface area (Å²) >= 11 is 5.96. The second kappa shape index (κ2) is 9.59. The molecule has 1 fully saturated rings. The number of anilines is 1. The molecule has 1 aliphatic rings. The molecule has 34 heavy (non-hydrogen) atoms. The van der Waals surface area contributed by atoms with E-state index in [2.05, 4.69) is 11.4 Å². The Hall–Kier alpha value is -3.18. The average molecular weight is 494 g/mol. The van der Waals surface area contributed by atoms with Gasteiger partial charge >= 0.3 is 0 Å². The maximum atomic E-state index is 13.4. The summed E-state index contributed by atoms with van der Waals surface area (Å²) < 4.78 is 27.9. The Bertz CT molecular complexity index is 1330. The predicted octanol–water partition coefficient (Wildman–Crippen LogP) is 5.03. The van der Waals surface area contributed by atoms with Gasteiger partial charge in [0.1, 0.15) is 0 Å². The molecule has 1 N–H and O–H groups in total. The number of aryl methyl sites for hydroxylation is 1. The van der Waals surface area contributed by atoms with Crippen LogP contribution < -0.4 is 5.32 Å². The molecule has 4 rings (SSSR count). The van der Waals surface area contributed by atoms with Crippen molar-refractivity contribution in [1.29, 1.82) is 5.26 Å². The summed E-state index contributed by atoms with van der Waals surface area (Å²) in [6.07, 6.45) is 1.68. The van der Waals surface area contributed by atoms with E-state index in [0.29, 0.717) is 16.3 Å². The Labute approximate surface area is 204 Å². The number of amides is 1. The molecule has 0 bridgehead atoms. The summed E-state index contributed by atoms with van der Waals surface area (Å²) in [7, 11) is -3.93. The van der Waals surface area contributed by atoms with Gasteiger partial charge in [0.2, 0.25) is 15.9 Å². The van der Waals surface area contributed by atoms with Crippen LogP contribution in [0.3, 0.4) is 0 Å². The number of sulfonamides is 1. The third-order valence-corrected chi connectivity index (χ3v) is 7.99. The molecule has 1 amide bonds. The number of benzene rings is 3. The number of rotatable bonds is 8. The topological polar surface area (TPSA) is 90.3 Å². The SMILES string of the molecule is Cc1ccc(S(=O)(=O)N(CC(=O)Nc2ccc(C3(C#N)CC3)cc2)Cc2ccc(Cl)cc2)cc1. The third-order valence-electron chi connectivity index (χ3n) is 5.94. The van der Waals surface area contributed by atoms with Gasteiger partial charge in [0.25, 0.3) is 0 Å². The molecule has 0 saturated heterocycles. The molecular weight excluding hydrogens is 470 g/mol. The van der Waals surface area contributed by atoms with Crippen molar-refractivity contribution in [2.75, 3.05) is 11.9 Å². The molecule has 8 heteroatoms. The number of hydrogen-bond donors (Lipinski definition) is 1. The zero-order valence-corrected chi connectivity index (χ0v) is 20.2. The first kappa shape index (κ1) is 24.0. The normalized spacial score (nSPS) is 14.4. The smallest absolute Gasteiger partial charge is 0.243 e. The molecule has 0 radical (unpaired) electrons. The summed E-state index contributed by atoms with van der Waals surface area (Å²) in [4.78, 5) is 13.0. The van der Waals surface area contributed by atoms with Crippen molar-refractivity contribution in [2.24, 2.45) is 0 Å². The Morgan fingerprint density at radius 2 is 1.65 bits per heavy atom. The molecule has 0 aromatic heterocycles. The van der Waals surface area contributed by atoms with Crippen molar-refractivity contribution in [1.82, 2.24) is 4.31 Å². The highest BCUT2D eigenvalue weighted by Gasteiger charge is 2.44. The Kier molecular flexibility index (Phi) is 6.76. The summed E-state index contributed by atoms with van der Waals surface area (Å²) in [5, 5.41) is 12.7. The van der Waals surface area contributed by atoms with E-state index in [1.807, 2.05) is 19.1 Å². The summed E-state index contributed by atoms with van der Waals surface area (Å²) in [5.41, 5.74) is 2.72. The first-order valence-corrected chi connectivity index (χ1v) is 12.7. The number of nitrogens with one attached hydrogen (secondary N) is 1. The molecule has 0 spiro atoms. The summed E-state index contributed by atoms with van der Waals surface area (Å²) in [5.74, 6) is -0.459. The Morgan fingerprint density at radius 3 is 2.21 bits per heavy atom. The van der Waals surface area contributed by atoms with Gasteiger partial charge in [-0.15, -0.1) is 0 Å². The zero-order chi connectivity index (χ0) is 24.3. The fourth-order valence-corrected chi connectivity index (χ4v) is 5.21. The molecule has 0 heterocycles. The number of halogens is 1. The fraction of sp³-hybridized carbons (Fsp3) is 0.231. The lowest BCUT2D eigenvalue weighted by molar-refractivity contribution is -0.116. The lowest BCUT2D eigenvalue weighted by Gasteiger charge is -2.22. The molecule has 1 saturated carbocycles. The number of nitriles is 1. The minimum Gasteiger partial charge on any atom is -0.325 e. The van der Waals surface area contributed by atoms with E-state index in [0.717, 1.165) is 28.3 Å². The van der Waals surface area contributed by atoms with Crippen LogP contribution in [0, 0.1) is 18.3 Å². The fourth-order valence-electron chi connectivity index (χ4n) is 3.70. The maximum absolute atomic E-state index is 13.4. The van der Waals surface area contributed by atoms with Gasteiger partial charge in [-0.05, 0) is 67.3 Å². The van der Waals surface area contributed by atoms with Crippen LogP contribution in [0.5, 0.6) is 0 Å². The number of carbonyl (C=O) groups is 1. The molecule has 6 nitrogen and oxygen atoms in total. The number of carbonyl (C=O) groups excluding carboxylic acids is 1. The summed E-state index contributed by atoms with van der Waals surface area (Å²) in [6, 6.07) is 22.9. The molecule has 174 valence electrons. The van der Waals surface area contributed by atoms with E-state index in [1.165, 1.54) is 0 Å². The van der Waals surface area contributed by atoms with E-state index >= 15 is 0 Å². The molecule has 3 aromatic rings. The van der Waals surface area contributed by atoms with Crippen molar-refractivity contribution < 1.29 is 13.2 Å². The van der Waals surface area contributed by atoms with Crippen molar-refractivity contribution in [3.8, 4) is 6.07 Å². The largest absolute Gasteiger partial charge is 0.325 e. The first-order valence-electron chi connectivity index (χ1n) is 10.8. The minimum absolute atomic E-state index is 0.0183. The van der Waals surface area contributed by atoms with Gasteiger partial charge in [0.05, 0.1) is 22.9 Å². The van der Waals surface area contributed by atoms with Gasteiger partial charge in [-0.1, -0.05) is 53.6 Å². The van der Waals surface area contributed by atoms with Crippen LogP contribution >= 0.6 is 11.6 Å². The van der Waals surface area contributed by atoms with Gasteiger partial charge in [-0.3, -0.25) is 4.79 Å². The van der Waals surface area contributed by atoms with E-state index in [1.54, 1.807) is 60.7 Å². The van der Waals surface area contributed by atoms with Gasteiger partial charge in [-0.2, -0.15) is 9.57 Å². The second-order valence-corrected chi connectivity index (χ2v) is 10.9. The van der Waals surface area contributed by atoms with Gasteiger partial charge in [0.15, 0.2) is 0 Å². The third kappa shape index (κ3) is 5.31. The van der Waals surface area contributed by atoms with Crippen LogP contribution in [0.4, 0.5) is 5.69 Å². The Balaban J connectivity index is 1.53. The van der Waals surface area contributed by atoms with E-state index in [4.69, 9.17) is 11.6 Å². The molecule has 0 unspecified atom stereocenters. The lowest BCUT2D eigenvalue weighted by Crippen LogP contribution is -2.37. The van der Waals surface area contributed by atoms with Gasteiger partial charge < -0.3 is 5.32 Å². The quantitative estimate of drug-likeness (QED) is 0.476. The van der Waals surface area contributed by atoms with Crippen LogP contribution in [-0.4, -0.2) is 25.2 Å². The molecule has 0 atom stereocenters. The van der Waals surface area contributed by atoms with Crippen molar-refractivity contribution in [3.63, 3.8) is 0 Å². The van der Waals surface area contributed by atoms with Gasteiger partial charge in [0, 0.05) is 17.3 Å². The van der Waals surface area contributed by atoms with E-state index in [9.17, 15) is 18.5 Å². The zero-order valence-electron chi connectivity index (χ0n) is 18.7. The predicted molar refractivity (Wildman–Crippen MR) is 132 cm³/mol. The average Bonchev–Trinajstić information content (AvgIpc) is 3.62. The standard InChI is InChI=1S/C26H24ClN3O3S/c1-19-2-12-24(13-3-19)34(32,33)30(16-20-4-8-22(27)9-5-20)17-25(31)29-23-10-6-21(7-11-23)26(18-28)14-15-26/h2-13H,14-17H2,1H3,(H,29,31). The summed E-state index contributed by atoms with van der Waals surface area (Å²) in [6.45, 7) is 1.54. The Morgan fingerprint density at radius 1 is 1.03 bits per heavy atom. The van der Waals surface area contributed by atoms with Crippen molar-refractivity contribution in [3.05, 3.63) is 94.5 Å². The highest BCUT2D eigenvalue weighted by atomic mass is 35.5. The maximum Gasteiger partial charge on any atom is 0.243 e. The van der Waals surface area contributed by atoms with E-state index < -0.39 is 21.3 Å². The van der Waals surface area contributed by atoms with Crippen LogP contribution in [0.25, 0.3) is 0 Å². The molecule has 1 aliphatic carbocycles. The molecular formula is C26H24ClN3O3S. The van der Waals surface area contributed by atoms with Crippen LogP contribution in [0.15, 0.2) is 77.7 Å². The highest BCUT2D eigenvalue weighted by Crippen LogP contribution is 2.47. The van der Waals surface area contributed by atoms with Gasteiger partial charge in [-0.25, -0.2) is 8.42 Å². The van der Waals surface area contributed by atoms with E-state index in [-0.39, 0.29) is 18.0 Å². The van der Waals surface area contributed by atoms with Crippen LogP contribution in [0.2, 0.25) is 5.02 Å².